The van der Waals surface area contributed by atoms with Crippen molar-refractivity contribution in [1.29, 1.82) is 0 Å². The minimum Gasteiger partial charge on any atom is -0.457 e. The number of hydrogen-bond donors (Lipinski definition) is 0. The highest BCUT2D eigenvalue weighted by atomic mass is 16.5. The van der Waals surface area contributed by atoms with Crippen LogP contribution < -0.4 is 9.64 Å². The summed E-state index contributed by atoms with van der Waals surface area (Å²) in [5, 5.41) is 0. The normalized spacial score (nSPS) is 10.6. The van der Waals surface area contributed by atoms with Crippen molar-refractivity contribution >= 4 is 11.6 Å². The summed E-state index contributed by atoms with van der Waals surface area (Å²) in [6.07, 6.45) is 3.52. The lowest BCUT2D eigenvalue weighted by Crippen LogP contribution is -2.33. The van der Waals surface area contributed by atoms with E-state index in [1.807, 2.05) is 80.6 Å². The smallest absolute Gasteiger partial charge is 0.229 e. The van der Waals surface area contributed by atoms with Gasteiger partial charge in [-0.25, -0.2) is 0 Å². The van der Waals surface area contributed by atoms with Crippen LogP contribution in [0.5, 0.6) is 11.5 Å². The standard InChI is InChI=1S/C22H22N2O2/c1-17(2)22(25)24(16-18-7-6-14-23-15-18)19-10-12-21(13-11-19)26-20-8-4-3-5-9-20/h3-15,17H,16H2,1-2H3. The first-order chi connectivity index (χ1) is 12.6. The molecular formula is C22H22N2O2. The zero-order valence-electron chi connectivity index (χ0n) is 15.0. The monoisotopic (exact) mass is 346 g/mol. The number of pyridine rings is 1. The van der Waals surface area contributed by atoms with Crippen LogP contribution in [0.15, 0.2) is 79.1 Å². The Bertz CT molecular complexity index is 831. The number of hydrogen-bond acceptors (Lipinski definition) is 3. The molecule has 26 heavy (non-hydrogen) atoms. The van der Waals surface area contributed by atoms with Crippen LogP contribution in [0.25, 0.3) is 0 Å². The van der Waals surface area contributed by atoms with Gasteiger partial charge in [-0.15, -0.1) is 0 Å². The van der Waals surface area contributed by atoms with Gasteiger partial charge in [-0.2, -0.15) is 0 Å². The second-order valence-electron chi connectivity index (χ2n) is 6.35. The van der Waals surface area contributed by atoms with E-state index in [0.29, 0.717) is 6.54 Å². The van der Waals surface area contributed by atoms with Crippen LogP contribution in [0, 0.1) is 5.92 Å². The van der Waals surface area contributed by atoms with Gasteiger partial charge in [-0.1, -0.05) is 38.1 Å². The molecule has 4 nitrogen and oxygen atoms in total. The summed E-state index contributed by atoms with van der Waals surface area (Å²) in [7, 11) is 0. The van der Waals surface area contributed by atoms with Gasteiger partial charge in [0.25, 0.3) is 0 Å². The first-order valence-corrected chi connectivity index (χ1v) is 8.67. The molecule has 0 bridgehead atoms. The molecule has 0 fully saturated rings. The zero-order valence-corrected chi connectivity index (χ0v) is 15.0. The zero-order chi connectivity index (χ0) is 18.4. The molecule has 0 saturated carbocycles. The predicted octanol–water partition coefficient (Wildman–Crippen LogP) is 5.06. The van der Waals surface area contributed by atoms with Crippen molar-refractivity contribution in [2.45, 2.75) is 20.4 Å². The van der Waals surface area contributed by atoms with E-state index in [0.717, 1.165) is 22.7 Å². The summed E-state index contributed by atoms with van der Waals surface area (Å²) in [6.45, 7) is 4.31. The highest BCUT2D eigenvalue weighted by Gasteiger charge is 2.19. The molecule has 0 aliphatic carbocycles. The van der Waals surface area contributed by atoms with Crippen molar-refractivity contribution in [1.82, 2.24) is 4.98 Å². The number of aromatic nitrogens is 1. The van der Waals surface area contributed by atoms with E-state index < -0.39 is 0 Å². The minimum atomic E-state index is -0.0908. The lowest BCUT2D eigenvalue weighted by molar-refractivity contribution is -0.121. The number of nitrogens with zero attached hydrogens (tertiary/aromatic N) is 2. The number of ether oxygens (including phenoxy) is 1. The number of carbonyl (C=O) groups is 1. The van der Waals surface area contributed by atoms with Gasteiger partial charge >= 0.3 is 0 Å². The Morgan fingerprint density at radius 1 is 0.962 bits per heavy atom. The molecule has 0 atom stereocenters. The number of anilines is 1. The molecule has 2 aromatic carbocycles. The van der Waals surface area contributed by atoms with Gasteiger partial charge in [-0.3, -0.25) is 9.78 Å². The first kappa shape index (κ1) is 17.7. The van der Waals surface area contributed by atoms with Crippen molar-refractivity contribution in [3.05, 3.63) is 84.7 Å². The van der Waals surface area contributed by atoms with Crippen LogP contribution in [-0.4, -0.2) is 10.9 Å². The fourth-order valence-corrected chi connectivity index (χ4v) is 2.60. The van der Waals surface area contributed by atoms with E-state index in [-0.39, 0.29) is 11.8 Å². The summed E-state index contributed by atoms with van der Waals surface area (Å²) >= 11 is 0. The third-order valence-electron chi connectivity index (χ3n) is 3.95. The van der Waals surface area contributed by atoms with Gasteiger partial charge < -0.3 is 9.64 Å². The van der Waals surface area contributed by atoms with E-state index in [2.05, 4.69) is 4.98 Å². The Morgan fingerprint density at radius 3 is 2.27 bits per heavy atom. The van der Waals surface area contributed by atoms with Crippen molar-refractivity contribution < 1.29 is 9.53 Å². The Kier molecular flexibility index (Phi) is 5.64. The Labute approximate surface area is 154 Å². The Hall–Kier alpha value is -3.14. The number of benzene rings is 2. The van der Waals surface area contributed by atoms with Crippen LogP contribution in [0.4, 0.5) is 5.69 Å². The van der Waals surface area contributed by atoms with E-state index in [1.165, 1.54) is 0 Å². The van der Waals surface area contributed by atoms with Crippen LogP contribution >= 0.6 is 0 Å². The maximum atomic E-state index is 12.7. The van der Waals surface area contributed by atoms with E-state index in [9.17, 15) is 4.79 Å². The van der Waals surface area contributed by atoms with Crippen molar-refractivity contribution in [3.63, 3.8) is 0 Å². The number of carbonyl (C=O) groups excluding carboxylic acids is 1. The summed E-state index contributed by atoms with van der Waals surface area (Å²) < 4.78 is 5.83. The number of rotatable bonds is 6. The fraction of sp³-hybridized carbons (Fsp3) is 0.182. The topological polar surface area (TPSA) is 42.4 Å². The minimum absolute atomic E-state index is 0.0746. The number of amides is 1. The molecule has 132 valence electrons. The Morgan fingerprint density at radius 2 is 1.65 bits per heavy atom. The van der Waals surface area contributed by atoms with Gasteiger partial charge in [-0.05, 0) is 48.0 Å². The average molecular weight is 346 g/mol. The lowest BCUT2D eigenvalue weighted by Gasteiger charge is -2.25. The van der Waals surface area contributed by atoms with E-state index in [4.69, 9.17) is 4.74 Å². The third kappa shape index (κ3) is 4.48. The van der Waals surface area contributed by atoms with Crippen LogP contribution in [0.1, 0.15) is 19.4 Å². The van der Waals surface area contributed by atoms with Gasteiger partial charge in [0, 0.05) is 24.0 Å². The summed E-state index contributed by atoms with van der Waals surface area (Å²) in [5.74, 6) is 1.50. The molecule has 1 amide bonds. The molecule has 0 aliphatic heterocycles. The van der Waals surface area contributed by atoms with Gasteiger partial charge in [0.1, 0.15) is 11.5 Å². The SMILES string of the molecule is CC(C)C(=O)N(Cc1cccnc1)c1ccc(Oc2ccccc2)cc1. The highest BCUT2D eigenvalue weighted by molar-refractivity contribution is 5.94. The summed E-state index contributed by atoms with van der Waals surface area (Å²) in [6, 6.07) is 21.1. The van der Waals surface area contributed by atoms with Gasteiger partial charge in [0.15, 0.2) is 0 Å². The van der Waals surface area contributed by atoms with Crippen LogP contribution in [0.2, 0.25) is 0 Å². The maximum Gasteiger partial charge on any atom is 0.229 e. The average Bonchev–Trinajstić information content (AvgIpc) is 2.68. The van der Waals surface area contributed by atoms with Crippen LogP contribution in [-0.2, 0) is 11.3 Å². The molecule has 0 radical (unpaired) electrons. The predicted molar refractivity (Wildman–Crippen MR) is 103 cm³/mol. The first-order valence-electron chi connectivity index (χ1n) is 8.67. The highest BCUT2D eigenvalue weighted by Crippen LogP contribution is 2.26. The largest absolute Gasteiger partial charge is 0.457 e. The molecule has 0 saturated heterocycles. The second-order valence-corrected chi connectivity index (χ2v) is 6.35. The summed E-state index contributed by atoms with van der Waals surface area (Å²) in [4.78, 5) is 18.6. The second kappa shape index (κ2) is 8.30. The van der Waals surface area contributed by atoms with Crippen molar-refractivity contribution in [3.8, 4) is 11.5 Å². The quantitative estimate of drug-likeness (QED) is 0.626. The Balaban J connectivity index is 1.81. The van der Waals surface area contributed by atoms with E-state index >= 15 is 0 Å². The number of para-hydroxylation sites is 1. The molecule has 1 heterocycles. The van der Waals surface area contributed by atoms with Crippen molar-refractivity contribution in [2.75, 3.05) is 4.90 Å². The van der Waals surface area contributed by atoms with Crippen LogP contribution in [0.3, 0.4) is 0 Å². The molecule has 0 aliphatic rings. The molecule has 0 N–H and O–H groups in total. The molecule has 0 spiro atoms. The molecule has 1 aromatic heterocycles. The molecule has 0 unspecified atom stereocenters. The fourth-order valence-electron chi connectivity index (χ4n) is 2.60. The summed E-state index contributed by atoms with van der Waals surface area (Å²) in [5.41, 5.74) is 1.83. The van der Waals surface area contributed by atoms with E-state index in [1.54, 1.807) is 17.3 Å². The molecule has 3 aromatic rings. The van der Waals surface area contributed by atoms with Gasteiger partial charge in [0.2, 0.25) is 5.91 Å². The maximum absolute atomic E-state index is 12.7. The van der Waals surface area contributed by atoms with Gasteiger partial charge in [0.05, 0.1) is 6.54 Å². The van der Waals surface area contributed by atoms with Crippen molar-refractivity contribution in [2.24, 2.45) is 5.92 Å². The molecule has 3 rings (SSSR count). The molecule has 4 heteroatoms. The third-order valence-corrected chi connectivity index (χ3v) is 3.95. The lowest BCUT2D eigenvalue weighted by atomic mass is 10.1. The molecular weight excluding hydrogens is 324 g/mol.